The van der Waals surface area contributed by atoms with Crippen LogP contribution >= 0.6 is 12.6 Å². The summed E-state index contributed by atoms with van der Waals surface area (Å²) in [5, 5.41) is 1.67. The molecule has 0 heterocycles. The van der Waals surface area contributed by atoms with E-state index in [-0.39, 0.29) is 5.78 Å². The summed E-state index contributed by atoms with van der Waals surface area (Å²) < 4.78 is 0. The van der Waals surface area contributed by atoms with Gasteiger partial charge in [-0.25, -0.2) is 0 Å². The SMILES string of the molecule is CC(=O)c1ccc(C)c(/C=C\S)c1. The number of Topliss-reactive ketones (excluding diaryl/α,β-unsaturated/α-hetero) is 1. The molecular weight excluding hydrogens is 180 g/mol. The molecule has 0 saturated heterocycles. The normalized spacial score (nSPS) is 10.7. The summed E-state index contributed by atoms with van der Waals surface area (Å²) in [6.45, 7) is 3.58. The van der Waals surface area contributed by atoms with Crippen molar-refractivity contribution in [1.29, 1.82) is 0 Å². The molecule has 0 aliphatic carbocycles. The number of hydrogen-bond donors (Lipinski definition) is 1. The fourth-order valence-electron chi connectivity index (χ4n) is 1.12. The maximum absolute atomic E-state index is 11.1. The van der Waals surface area contributed by atoms with Crippen LogP contribution in [0.15, 0.2) is 23.6 Å². The third-order valence-electron chi connectivity index (χ3n) is 1.94. The molecule has 1 nitrogen and oxygen atoms in total. The van der Waals surface area contributed by atoms with Gasteiger partial charge in [0, 0.05) is 5.56 Å². The van der Waals surface area contributed by atoms with E-state index in [1.165, 1.54) is 0 Å². The lowest BCUT2D eigenvalue weighted by molar-refractivity contribution is 0.101. The summed E-state index contributed by atoms with van der Waals surface area (Å²) in [6.07, 6.45) is 1.88. The van der Waals surface area contributed by atoms with E-state index in [0.29, 0.717) is 0 Å². The second kappa shape index (κ2) is 4.28. The van der Waals surface area contributed by atoms with Crippen molar-refractivity contribution in [3.05, 3.63) is 40.3 Å². The van der Waals surface area contributed by atoms with Crippen LogP contribution in [0, 0.1) is 6.92 Å². The zero-order valence-electron chi connectivity index (χ0n) is 7.74. The average molecular weight is 192 g/mol. The Hall–Kier alpha value is -1.02. The summed E-state index contributed by atoms with van der Waals surface area (Å²) in [7, 11) is 0. The van der Waals surface area contributed by atoms with E-state index in [2.05, 4.69) is 12.6 Å². The van der Waals surface area contributed by atoms with E-state index in [1.54, 1.807) is 12.3 Å². The van der Waals surface area contributed by atoms with Crippen molar-refractivity contribution in [3.8, 4) is 0 Å². The fourth-order valence-corrected chi connectivity index (χ4v) is 1.28. The quantitative estimate of drug-likeness (QED) is 0.563. The molecule has 1 aromatic carbocycles. The van der Waals surface area contributed by atoms with Crippen molar-refractivity contribution in [1.82, 2.24) is 0 Å². The zero-order valence-corrected chi connectivity index (χ0v) is 8.64. The van der Waals surface area contributed by atoms with Crippen molar-refractivity contribution in [2.75, 3.05) is 0 Å². The van der Waals surface area contributed by atoms with Crippen LogP contribution in [0.2, 0.25) is 0 Å². The molecule has 1 rings (SSSR count). The summed E-state index contributed by atoms with van der Waals surface area (Å²) in [5.74, 6) is 0.0915. The molecule has 0 atom stereocenters. The molecule has 0 bridgehead atoms. The molecule has 0 fully saturated rings. The van der Waals surface area contributed by atoms with Crippen molar-refractivity contribution in [2.45, 2.75) is 13.8 Å². The Morgan fingerprint density at radius 1 is 1.46 bits per heavy atom. The van der Waals surface area contributed by atoms with Crippen LogP contribution in [-0.4, -0.2) is 5.78 Å². The summed E-state index contributed by atoms with van der Waals surface area (Å²) in [5.41, 5.74) is 2.94. The molecule has 0 amide bonds. The number of hydrogen-bond acceptors (Lipinski definition) is 2. The fraction of sp³-hybridized carbons (Fsp3) is 0.182. The van der Waals surface area contributed by atoms with Crippen molar-refractivity contribution >= 4 is 24.5 Å². The van der Waals surface area contributed by atoms with Gasteiger partial charge < -0.3 is 0 Å². The lowest BCUT2D eigenvalue weighted by Crippen LogP contribution is -1.93. The largest absolute Gasteiger partial charge is 0.295 e. The maximum atomic E-state index is 11.1. The monoisotopic (exact) mass is 192 g/mol. The van der Waals surface area contributed by atoms with Gasteiger partial charge >= 0.3 is 0 Å². The average Bonchev–Trinajstić information content (AvgIpc) is 2.08. The van der Waals surface area contributed by atoms with Gasteiger partial charge in [0.15, 0.2) is 5.78 Å². The lowest BCUT2D eigenvalue weighted by Gasteiger charge is -2.02. The van der Waals surface area contributed by atoms with Gasteiger partial charge in [0.1, 0.15) is 0 Å². The van der Waals surface area contributed by atoms with Crippen LogP contribution in [-0.2, 0) is 0 Å². The first-order chi connectivity index (χ1) is 6.15. The van der Waals surface area contributed by atoms with Gasteiger partial charge in [0.05, 0.1) is 0 Å². The molecule has 0 N–H and O–H groups in total. The van der Waals surface area contributed by atoms with E-state index < -0.39 is 0 Å². The molecule has 68 valence electrons. The van der Waals surface area contributed by atoms with Crippen LogP contribution in [0.1, 0.15) is 28.4 Å². The number of rotatable bonds is 2. The molecule has 0 aliphatic heterocycles. The Bertz CT molecular complexity index is 353. The molecule has 0 spiro atoms. The number of ketones is 1. The predicted molar refractivity (Wildman–Crippen MR) is 59.2 cm³/mol. The van der Waals surface area contributed by atoms with Gasteiger partial charge in [-0.3, -0.25) is 4.79 Å². The minimum absolute atomic E-state index is 0.0915. The first kappa shape index (κ1) is 10.1. The second-order valence-corrected chi connectivity index (χ2v) is 3.24. The highest BCUT2D eigenvalue weighted by Gasteiger charge is 2.00. The number of aryl methyl sites for hydroxylation is 1. The molecule has 2 heteroatoms. The Balaban J connectivity index is 3.18. The number of thiol groups is 1. The van der Waals surface area contributed by atoms with E-state index in [4.69, 9.17) is 0 Å². The van der Waals surface area contributed by atoms with E-state index >= 15 is 0 Å². The minimum Gasteiger partial charge on any atom is -0.295 e. The highest BCUT2D eigenvalue weighted by atomic mass is 32.1. The van der Waals surface area contributed by atoms with Gasteiger partial charge in [-0.15, -0.1) is 0 Å². The summed E-state index contributed by atoms with van der Waals surface area (Å²) in [4.78, 5) is 11.1. The number of carbonyl (C=O) groups is 1. The molecule has 13 heavy (non-hydrogen) atoms. The van der Waals surface area contributed by atoms with Gasteiger partial charge in [-0.05, 0) is 42.5 Å². The van der Waals surface area contributed by atoms with Crippen LogP contribution in [0.25, 0.3) is 6.08 Å². The van der Waals surface area contributed by atoms with Crippen LogP contribution < -0.4 is 0 Å². The van der Waals surface area contributed by atoms with Crippen molar-refractivity contribution in [3.63, 3.8) is 0 Å². The van der Waals surface area contributed by atoms with Gasteiger partial charge in [-0.2, -0.15) is 12.6 Å². The molecule has 0 unspecified atom stereocenters. The number of benzene rings is 1. The third-order valence-corrected chi connectivity index (χ3v) is 2.09. The van der Waals surface area contributed by atoms with Gasteiger partial charge in [0.25, 0.3) is 0 Å². The first-order valence-electron chi connectivity index (χ1n) is 4.07. The van der Waals surface area contributed by atoms with Crippen LogP contribution in [0.3, 0.4) is 0 Å². The minimum atomic E-state index is 0.0915. The zero-order chi connectivity index (χ0) is 9.84. The molecule has 0 radical (unpaired) electrons. The van der Waals surface area contributed by atoms with Crippen molar-refractivity contribution < 1.29 is 4.79 Å². The predicted octanol–water partition coefficient (Wildman–Crippen LogP) is 3.10. The van der Waals surface area contributed by atoms with Gasteiger partial charge in [0.2, 0.25) is 0 Å². The molecule has 0 aliphatic rings. The smallest absolute Gasteiger partial charge is 0.159 e. The topological polar surface area (TPSA) is 17.1 Å². The Labute approximate surface area is 83.9 Å². The van der Waals surface area contributed by atoms with E-state index in [9.17, 15) is 4.79 Å². The Morgan fingerprint density at radius 3 is 2.69 bits per heavy atom. The molecular formula is C11H12OS. The highest BCUT2D eigenvalue weighted by molar-refractivity contribution is 7.83. The standard InChI is InChI=1S/C11H12OS/c1-8-3-4-11(9(2)12)7-10(8)5-6-13/h3-7,13H,1-2H3/b6-5-. The Kier molecular flexibility index (Phi) is 3.32. The summed E-state index contributed by atoms with van der Waals surface area (Å²) in [6, 6.07) is 5.66. The Morgan fingerprint density at radius 2 is 2.15 bits per heavy atom. The highest BCUT2D eigenvalue weighted by Crippen LogP contribution is 2.13. The maximum Gasteiger partial charge on any atom is 0.159 e. The van der Waals surface area contributed by atoms with Crippen LogP contribution in [0.5, 0.6) is 0 Å². The molecule has 1 aromatic rings. The molecule has 0 aromatic heterocycles. The summed E-state index contributed by atoms with van der Waals surface area (Å²) >= 11 is 4.00. The van der Waals surface area contributed by atoms with Crippen LogP contribution in [0.4, 0.5) is 0 Å². The second-order valence-electron chi connectivity index (χ2n) is 2.94. The van der Waals surface area contributed by atoms with Crippen molar-refractivity contribution in [2.24, 2.45) is 0 Å². The lowest BCUT2D eigenvalue weighted by atomic mass is 10.0. The van der Waals surface area contributed by atoms with E-state index in [1.807, 2.05) is 31.2 Å². The third kappa shape index (κ3) is 2.46. The molecule has 0 saturated carbocycles. The van der Waals surface area contributed by atoms with E-state index in [0.717, 1.165) is 16.7 Å². The first-order valence-corrected chi connectivity index (χ1v) is 4.59. The number of carbonyl (C=O) groups excluding carboxylic acids is 1. The van der Waals surface area contributed by atoms with Gasteiger partial charge in [-0.1, -0.05) is 12.1 Å².